The van der Waals surface area contributed by atoms with Crippen molar-refractivity contribution < 1.29 is 14.3 Å². The number of fused-ring (bicyclic) bond motifs is 1. The molecule has 2 aromatic carbocycles. The molecular weight excluding hydrogens is 329 g/mol. The Morgan fingerprint density at radius 3 is 2.67 bits per heavy atom. The van der Waals surface area contributed by atoms with Crippen LogP contribution in [-0.4, -0.2) is 31.6 Å². The fourth-order valence-corrected chi connectivity index (χ4v) is 3.58. The molecule has 0 radical (unpaired) electrons. The number of aliphatic carboxylic acids is 1. The average Bonchev–Trinajstić information content (AvgIpc) is 3.35. The van der Waals surface area contributed by atoms with Crippen LogP contribution in [0.3, 0.4) is 0 Å². The summed E-state index contributed by atoms with van der Waals surface area (Å²) in [5.74, 6) is -0.601. The van der Waals surface area contributed by atoms with Gasteiger partial charge in [0, 0.05) is 5.39 Å². The van der Waals surface area contributed by atoms with Crippen molar-refractivity contribution in [2.75, 3.05) is 5.75 Å². The Balaban J connectivity index is 1.87. The van der Waals surface area contributed by atoms with Crippen LogP contribution >= 0.6 is 11.8 Å². The number of hydrogen-bond acceptors (Lipinski definition) is 4. The van der Waals surface area contributed by atoms with E-state index in [9.17, 15) is 9.18 Å². The highest BCUT2D eigenvalue weighted by molar-refractivity contribution is 7.99. The van der Waals surface area contributed by atoms with Gasteiger partial charge in [0.2, 0.25) is 0 Å². The Morgan fingerprint density at radius 1 is 1.21 bits per heavy atom. The van der Waals surface area contributed by atoms with Crippen molar-refractivity contribution in [3.05, 3.63) is 48.0 Å². The van der Waals surface area contributed by atoms with E-state index in [1.807, 2.05) is 36.4 Å². The maximum atomic E-state index is 14.2. The molecule has 7 heteroatoms. The zero-order valence-electron chi connectivity index (χ0n) is 12.6. The van der Waals surface area contributed by atoms with Gasteiger partial charge in [-0.15, -0.1) is 5.10 Å². The summed E-state index contributed by atoms with van der Waals surface area (Å²) in [6.07, 6.45) is 1.63. The molecule has 1 heterocycles. The monoisotopic (exact) mass is 343 g/mol. The summed E-state index contributed by atoms with van der Waals surface area (Å²) >= 11 is 0.952. The molecular formula is C17H14FN3O2S. The Bertz CT molecular complexity index is 937. The lowest BCUT2D eigenvalue weighted by Crippen LogP contribution is -2.04. The van der Waals surface area contributed by atoms with Gasteiger partial charge in [0.05, 0.1) is 11.4 Å². The number of benzene rings is 2. The van der Waals surface area contributed by atoms with Crippen LogP contribution < -0.4 is 0 Å². The summed E-state index contributed by atoms with van der Waals surface area (Å²) in [6, 6.07) is 11.8. The summed E-state index contributed by atoms with van der Waals surface area (Å²) in [6.45, 7) is 0. The number of carboxylic acids is 1. The average molecular weight is 343 g/mol. The number of thioether (sulfide) groups is 1. The highest BCUT2D eigenvalue weighted by Gasteiger charge is 2.26. The second-order valence-corrected chi connectivity index (χ2v) is 6.71. The molecule has 24 heavy (non-hydrogen) atoms. The van der Waals surface area contributed by atoms with Gasteiger partial charge in [0.15, 0.2) is 5.16 Å². The minimum absolute atomic E-state index is 0.198. The van der Waals surface area contributed by atoms with Gasteiger partial charge in [-0.25, -0.2) is 4.57 Å². The van der Waals surface area contributed by atoms with E-state index >= 15 is 0 Å². The van der Waals surface area contributed by atoms with Crippen LogP contribution in [0.4, 0.5) is 4.39 Å². The highest BCUT2D eigenvalue weighted by Crippen LogP contribution is 2.44. The van der Waals surface area contributed by atoms with Crippen LogP contribution in [0.2, 0.25) is 0 Å². The molecule has 0 unspecified atom stereocenters. The summed E-state index contributed by atoms with van der Waals surface area (Å²) in [7, 11) is 0. The van der Waals surface area contributed by atoms with E-state index in [2.05, 4.69) is 10.2 Å². The molecule has 0 saturated heterocycles. The number of rotatable bonds is 5. The second-order valence-electron chi connectivity index (χ2n) is 5.76. The molecule has 1 aliphatic carbocycles. The van der Waals surface area contributed by atoms with Crippen LogP contribution in [0, 0.1) is 6.08 Å². The fourth-order valence-electron chi connectivity index (χ4n) is 2.93. The minimum atomic E-state index is -0.983. The predicted molar refractivity (Wildman–Crippen MR) is 89.2 cm³/mol. The SMILES string of the molecule is O=C(O)CSc1nnc(F)n1-c1ccc(C2CC2)c2ccccc12. The van der Waals surface area contributed by atoms with Crippen molar-refractivity contribution in [1.82, 2.24) is 14.8 Å². The van der Waals surface area contributed by atoms with Gasteiger partial charge < -0.3 is 5.11 Å². The number of nitrogens with zero attached hydrogens (tertiary/aromatic N) is 3. The maximum absolute atomic E-state index is 14.2. The Kier molecular flexibility index (Phi) is 3.72. The standard InChI is InChI=1S/C17H14FN3O2S/c18-16-19-20-17(24-9-15(22)23)21(16)14-8-7-11(10-5-6-10)12-3-1-2-4-13(12)14/h1-4,7-8,10H,5-6,9H2,(H,22,23). The third kappa shape index (κ3) is 2.65. The predicted octanol–water partition coefficient (Wildman–Crippen LogP) is 3.61. The number of carboxylic acid groups (broad SMARTS) is 1. The lowest BCUT2D eigenvalue weighted by molar-refractivity contribution is -0.133. The molecule has 3 aromatic rings. The normalized spacial score (nSPS) is 14.2. The molecule has 4 rings (SSSR count). The number of carbonyl (C=O) groups is 1. The first-order chi connectivity index (χ1) is 11.6. The number of hydrogen-bond donors (Lipinski definition) is 1. The molecule has 5 nitrogen and oxygen atoms in total. The van der Waals surface area contributed by atoms with Gasteiger partial charge in [-0.2, -0.15) is 4.39 Å². The Labute approximate surface area is 141 Å². The molecule has 122 valence electrons. The summed E-state index contributed by atoms with van der Waals surface area (Å²) in [5, 5.41) is 18.4. The molecule has 0 aliphatic heterocycles. The quantitative estimate of drug-likeness (QED) is 0.717. The molecule has 1 fully saturated rings. The van der Waals surface area contributed by atoms with Crippen LogP contribution in [0.15, 0.2) is 41.6 Å². The lowest BCUT2D eigenvalue weighted by atomic mass is 9.99. The molecule has 0 spiro atoms. The topological polar surface area (TPSA) is 68.0 Å². The van der Waals surface area contributed by atoms with Gasteiger partial charge in [-0.05, 0) is 35.8 Å². The van der Waals surface area contributed by atoms with Crippen LogP contribution in [0.1, 0.15) is 24.3 Å². The highest BCUT2D eigenvalue weighted by atomic mass is 32.2. The van der Waals surface area contributed by atoms with Crippen LogP contribution in [0.25, 0.3) is 16.5 Å². The largest absolute Gasteiger partial charge is 0.481 e. The van der Waals surface area contributed by atoms with E-state index in [1.54, 1.807) is 0 Å². The van der Waals surface area contributed by atoms with Crippen molar-refractivity contribution >= 4 is 28.5 Å². The summed E-state index contributed by atoms with van der Waals surface area (Å²) in [5.41, 5.74) is 1.91. The van der Waals surface area contributed by atoms with E-state index in [-0.39, 0.29) is 10.9 Å². The van der Waals surface area contributed by atoms with Gasteiger partial charge in [-0.1, -0.05) is 47.2 Å². The van der Waals surface area contributed by atoms with E-state index in [0.29, 0.717) is 11.6 Å². The Morgan fingerprint density at radius 2 is 1.96 bits per heavy atom. The van der Waals surface area contributed by atoms with Crippen molar-refractivity contribution in [2.45, 2.75) is 23.9 Å². The molecule has 0 amide bonds. The van der Waals surface area contributed by atoms with Gasteiger partial charge in [0.25, 0.3) is 0 Å². The zero-order chi connectivity index (χ0) is 16.7. The number of halogens is 1. The smallest absolute Gasteiger partial charge is 0.314 e. The van der Waals surface area contributed by atoms with E-state index in [0.717, 1.165) is 22.5 Å². The third-order valence-electron chi connectivity index (χ3n) is 4.11. The second kappa shape index (κ2) is 5.90. The first kappa shape index (κ1) is 15.1. The van der Waals surface area contributed by atoms with Crippen molar-refractivity contribution in [3.63, 3.8) is 0 Å². The Hall–Kier alpha value is -2.41. The van der Waals surface area contributed by atoms with Crippen molar-refractivity contribution in [2.24, 2.45) is 0 Å². The maximum Gasteiger partial charge on any atom is 0.314 e. The van der Waals surface area contributed by atoms with Crippen LogP contribution in [-0.2, 0) is 4.79 Å². The summed E-state index contributed by atoms with van der Waals surface area (Å²) in [4.78, 5) is 10.8. The first-order valence-electron chi connectivity index (χ1n) is 7.62. The van der Waals surface area contributed by atoms with E-state index in [1.165, 1.54) is 23.0 Å². The van der Waals surface area contributed by atoms with Crippen molar-refractivity contribution in [1.29, 1.82) is 0 Å². The molecule has 1 aromatic heterocycles. The zero-order valence-corrected chi connectivity index (χ0v) is 13.5. The molecule has 0 atom stereocenters. The van der Waals surface area contributed by atoms with E-state index < -0.39 is 12.0 Å². The summed E-state index contributed by atoms with van der Waals surface area (Å²) < 4.78 is 15.5. The van der Waals surface area contributed by atoms with Crippen molar-refractivity contribution in [3.8, 4) is 5.69 Å². The minimum Gasteiger partial charge on any atom is -0.481 e. The van der Waals surface area contributed by atoms with Gasteiger partial charge in [-0.3, -0.25) is 4.79 Å². The molecule has 1 saturated carbocycles. The first-order valence-corrected chi connectivity index (χ1v) is 8.61. The molecule has 1 N–H and O–H groups in total. The molecule has 1 aliphatic rings. The van der Waals surface area contributed by atoms with Gasteiger partial charge >= 0.3 is 12.0 Å². The van der Waals surface area contributed by atoms with E-state index in [4.69, 9.17) is 5.11 Å². The third-order valence-corrected chi connectivity index (χ3v) is 5.03. The van der Waals surface area contributed by atoms with Crippen LogP contribution in [0.5, 0.6) is 0 Å². The fraction of sp³-hybridized carbons (Fsp3) is 0.235. The lowest BCUT2D eigenvalue weighted by Gasteiger charge is -2.13. The number of aromatic nitrogens is 3. The van der Waals surface area contributed by atoms with Gasteiger partial charge in [0.1, 0.15) is 0 Å². The molecule has 0 bridgehead atoms.